The number of carbonyl (C=O) groups is 3. The van der Waals surface area contributed by atoms with Gasteiger partial charge in [0.05, 0.1) is 23.7 Å². The van der Waals surface area contributed by atoms with Crippen LogP contribution < -0.4 is 21.7 Å². The third-order valence-corrected chi connectivity index (χ3v) is 2.98. The first-order chi connectivity index (χ1) is 10.5. The highest BCUT2D eigenvalue weighted by atomic mass is 35.5. The van der Waals surface area contributed by atoms with Crippen LogP contribution in [0.1, 0.15) is 23.7 Å². The number of amides is 3. The molecule has 0 aliphatic carbocycles. The van der Waals surface area contributed by atoms with E-state index in [4.69, 9.17) is 17.3 Å². The molecular weight excluding hydrogens is 308 g/mol. The van der Waals surface area contributed by atoms with Crippen LogP contribution in [0.3, 0.4) is 0 Å². The molecule has 0 heterocycles. The summed E-state index contributed by atoms with van der Waals surface area (Å²) in [6.07, 6.45) is 0.825. The summed E-state index contributed by atoms with van der Waals surface area (Å²) < 4.78 is 0. The van der Waals surface area contributed by atoms with E-state index in [0.717, 1.165) is 6.42 Å². The number of nitrogens with two attached hydrogens (primary N) is 1. The largest absolute Gasteiger partial charge is 0.352 e. The maximum absolute atomic E-state index is 11.8. The summed E-state index contributed by atoms with van der Waals surface area (Å²) in [5.41, 5.74) is 5.88. The average molecular weight is 327 g/mol. The van der Waals surface area contributed by atoms with E-state index in [1.54, 1.807) is 6.07 Å². The van der Waals surface area contributed by atoms with Crippen LogP contribution in [0, 0.1) is 0 Å². The Hall–Kier alpha value is -2.12. The number of rotatable bonds is 7. The highest BCUT2D eigenvalue weighted by molar-refractivity contribution is 6.34. The fraction of sp³-hybridized carbons (Fsp3) is 0.357. The molecule has 1 aromatic rings. The van der Waals surface area contributed by atoms with Gasteiger partial charge in [0.2, 0.25) is 11.8 Å². The van der Waals surface area contributed by atoms with Crippen LogP contribution >= 0.6 is 11.6 Å². The maximum Gasteiger partial charge on any atom is 0.252 e. The highest BCUT2D eigenvalue weighted by Crippen LogP contribution is 2.21. The van der Waals surface area contributed by atoms with E-state index in [1.165, 1.54) is 12.1 Å². The van der Waals surface area contributed by atoms with Gasteiger partial charge in [0, 0.05) is 12.2 Å². The predicted octanol–water partition coefficient (Wildman–Crippen LogP) is 0.493. The molecule has 8 heteroatoms. The van der Waals surface area contributed by atoms with Gasteiger partial charge in [-0.2, -0.15) is 0 Å². The second kappa shape index (κ2) is 9.01. The summed E-state index contributed by atoms with van der Waals surface area (Å²) >= 11 is 6.04. The third-order valence-electron chi connectivity index (χ3n) is 2.66. The van der Waals surface area contributed by atoms with E-state index in [9.17, 15) is 14.4 Å². The SMILES string of the molecule is CCCNC(=O)c1ccc(NC(=O)CNC(=O)CN)cc1Cl. The van der Waals surface area contributed by atoms with E-state index >= 15 is 0 Å². The molecule has 0 saturated carbocycles. The van der Waals surface area contributed by atoms with Crippen molar-refractivity contribution in [3.63, 3.8) is 0 Å². The second-order valence-corrected chi connectivity index (χ2v) is 4.89. The fourth-order valence-electron chi connectivity index (χ4n) is 1.57. The van der Waals surface area contributed by atoms with Gasteiger partial charge in [-0.3, -0.25) is 14.4 Å². The Kier molecular flexibility index (Phi) is 7.34. The number of hydrogen-bond acceptors (Lipinski definition) is 4. The van der Waals surface area contributed by atoms with Crippen molar-refractivity contribution in [3.8, 4) is 0 Å². The van der Waals surface area contributed by atoms with Gasteiger partial charge < -0.3 is 21.7 Å². The van der Waals surface area contributed by atoms with Gasteiger partial charge in [0.1, 0.15) is 0 Å². The molecule has 0 aromatic heterocycles. The molecule has 0 radical (unpaired) electrons. The molecule has 0 saturated heterocycles. The maximum atomic E-state index is 11.8. The normalized spacial score (nSPS) is 9.95. The first-order valence-electron chi connectivity index (χ1n) is 6.82. The van der Waals surface area contributed by atoms with Crippen LogP contribution in [0.2, 0.25) is 5.02 Å². The predicted molar refractivity (Wildman–Crippen MR) is 84.8 cm³/mol. The molecule has 0 aliphatic heterocycles. The summed E-state index contributed by atoms with van der Waals surface area (Å²) in [6, 6.07) is 4.57. The monoisotopic (exact) mass is 326 g/mol. The van der Waals surface area contributed by atoms with Gasteiger partial charge in [0.25, 0.3) is 5.91 Å². The van der Waals surface area contributed by atoms with Crippen molar-refractivity contribution in [2.24, 2.45) is 5.73 Å². The summed E-state index contributed by atoms with van der Waals surface area (Å²) in [4.78, 5) is 34.4. The van der Waals surface area contributed by atoms with Crippen molar-refractivity contribution in [3.05, 3.63) is 28.8 Å². The Morgan fingerprint density at radius 1 is 1.18 bits per heavy atom. The minimum absolute atomic E-state index is 0.180. The van der Waals surface area contributed by atoms with Crippen molar-refractivity contribution in [1.29, 1.82) is 0 Å². The molecule has 7 nitrogen and oxygen atoms in total. The zero-order chi connectivity index (χ0) is 16.5. The first-order valence-corrected chi connectivity index (χ1v) is 7.20. The number of halogens is 1. The molecule has 0 spiro atoms. The minimum Gasteiger partial charge on any atom is -0.352 e. The lowest BCUT2D eigenvalue weighted by molar-refractivity contribution is -0.123. The molecule has 0 unspecified atom stereocenters. The number of nitrogens with one attached hydrogen (secondary N) is 3. The van der Waals surface area contributed by atoms with Crippen molar-refractivity contribution in [2.45, 2.75) is 13.3 Å². The van der Waals surface area contributed by atoms with E-state index in [-0.39, 0.29) is 24.0 Å². The number of anilines is 1. The number of benzene rings is 1. The van der Waals surface area contributed by atoms with Gasteiger partial charge in [-0.25, -0.2) is 0 Å². The molecule has 22 heavy (non-hydrogen) atoms. The molecule has 1 aromatic carbocycles. The number of hydrogen-bond donors (Lipinski definition) is 4. The van der Waals surface area contributed by atoms with Crippen LogP contribution in [0.25, 0.3) is 0 Å². The van der Waals surface area contributed by atoms with Gasteiger partial charge >= 0.3 is 0 Å². The standard InChI is InChI=1S/C14H19ClN4O3/c1-2-5-17-14(22)10-4-3-9(6-11(10)15)19-13(21)8-18-12(20)7-16/h3-4,6H,2,5,7-8,16H2,1H3,(H,17,22)(H,18,20)(H,19,21). The molecule has 5 N–H and O–H groups in total. The lowest BCUT2D eigenvalue weighted by atomic mass is 10.2. The van der Waals surface area contributed by atoms with Crippen LogP contribution in [0.15, 0.2) is 18.2 Å². The van der Waals surface area contributed by atoms with E-state index < -0.39 is 11.8 Å². The Bertz CT molecular complexity index is 563. The summed E-state index contributed by atoms with van der Waals surface area (Å²) in [5.74, 6) is -1.10. The average Bonchev–Trinajstić information content (AvgIpc) is 2.50. The Labute approximate surface area is 133 Å². The highest BCUT2D eigenvalue weighted by Gasteiger charge is 2.11. The second-order valence-electron chi connectivity index (χ2n) is 4.48. The van der Waals surface area contributed by atoms with Crippen molar-refractivity contribution < 1.29 is 14.4 Å². The Morgan fingerprint density at radius 2 is 1.91 bits per heavy atom. The van der Waals surface area contributed by atoms with Crippen molar-refractivity contribution >= 4 is 35.0 Å². The van der Waals surface area contributed by atoms with E-state index in [1.807, 2.05) is 6.92 Å². The van der Waals surface area contributed by atoms with Crippen LogP contribution in [-0.4, -0.2) is 37.4 Å². The Balaban J connectivity index is 2.63. The summed E-state index contributed by atoms with van der Waals surface area (Å²) in [6.45, 7) is 2.14. The van der Waals surface area contributed by atoms with Crippen LogP contribution in [0.4, 0.5) is 5.69 Å². The smallest absolute Gasteiger partial charge is 0.252 e. The molecule has 0 fully saturated rings. The lowest BCUT2D eigenvalue weighted by Crippen LogP contribution is -2.36. The van der Waals surface area contributed by atoms with E-state index in [0.29, 0.717) is 17.8 Å². The van der Waals surface area contributed by atoms with Crippen molar-refractivity contribution in [2.75, 3.05) is 25.0 Å². The minimum atomic E-state index is -0.420. The zero-order valence-corrected chi connectivity index (χ0v) is 13.0. The molecule has 120 valence electrons. The first kappa shape index (κ1) is 17.9. The quantitative estimate of drug-likeness (QED) is 0.584. The molecule has 0 atom stereocenters. The zero-order valence-electron chi connectivity index (χ0n) is 12.2. The molecule has 3 amide bonds. The molecule has 0 bridgehead atoms. The third kappa shape index (κ3) is 5.71. The van der Waals surface area contributed by atoms with Gasteiger partial charge in [-0.05, 0) is 24.6 Å². The number of carbonyl (C=O) groups excluding carboxylic acids is 3. The lowest BCUT2D eigenvalue weighted by Gasteiger charge is -2.09. The van der Waals surface area contributed by atoms with Crippen molar-refractivity contribution in [1.82, 2.24) is 10.6 Å². The van der Waals surface area contributed by atoms with Gasteiger partial charge in [-0.15, -0.1) is 0 Å². The van der Waals surface area contributed by atoms with Gasteiger partial charge in [-0.1, -0.05) is 18.5 Å². The Morgan fingerprint density at radius 3 is 2.50 bits per heavy atom. The van der Waals surface area contributed by atoms with Gasteiger partial charge in [0.15, 0.2) is 0 Å². The van der Waals surface area contributed by atoms with E-state index in [2.05, 4.69) is 16.0 Å². The fourth-order valence-corrected chi connectivity index (χ4v) is 1.83. The molecular formula is C14H19ClN4O3. The van der Waals surface area contributed by atoms with Crippen LogP contribution in [0.5, 0.6) is 0 Å². The molecule has 0 aliphatic rings. The van der Waals surface area contributed by atoms with Crippen LogP contribution in [-0.2, 0) is 9.59 Å². The summed E-state index contributed by atoms with van der Waals surface area (Å²) in [7, 11) is 0. The molecule has 1 rings (SSSR count). The summed E-state index contributed by atoms with van der Waals surface area (Å²) in [5, 5.41) is 7.86. The topological polar surface area (TPSA) is 113 Å².